The number of carboxylic acids is 1. The van der Waals surface area contributed by atoms with E-state index >= 15 is 0 Å². The van der Waals surface area contributed by atoms with Gasteiger partial charge in [0, 0.05) is 5.92 Å². The summed E-state index contributed by atoms with van der Waals surface area (Å²) in [4.78, 5) is 23.2. The number of nitrogens with one attached hydrogen (secondary N) is 1. The van der Waals surface area contributed by atoms with Crippen LogP contribution in [-0.2, 0) is 9.59 Å². The van der Waals surface area contributed by atoms with Gasteiger partial charge in [-0.25, -0.2) is 0 Å². The van der Waals surface area contributed by atoms with Gasteiger partial charge in [0.1, 0.15) is 0 Å². The molecule has 1 amide bonds. The van der Waals surface area contributed by atoms with Crippen LogP contribution in [0.25, 0.3) is 0 Å². The maximum absolute atomic E-state index is 12.3. The summed E-state index contributed by atoms with van der Waals surface area (Å²) in [5.41, 5.74) is -0.449. The molecule has 4 heteroatoms. The number of aliphatic carboxylic acids is 1. The molecule has 0 heterocycles. The van der Waals surface area contributed by atoms with Crippen LogP contribution in [0, 0.1) is 17.8 Å². The molecule has 0 bridgehead atoms. The third-order valence-corrected chi connectivity index (χ3v) is 5.05. The van der Waals surface area contributed by atoms with Crippen LogP contribution in [-0.4, -0.2) is 22.5 Å². The first-order valence-corrected chi connectivity index (χ1v) is 7.12. The maximum atomic E-state index is 12.3. The van der Waals surface area contributed by atoms with Crippen molar-refractivity contribution in [3.8, 4) is 0 Å². The number of carboxylic acid groups (broad SMARTS) is 1. The van der Waals surface area contributed by atoms with Gasteiger partial charge in [-0.3, -0.25) is 9.59 Å². The van der Waals surface area contributed by atoms with Crippen LogP contribution in [0.1, 0.15) is 51.4 Å². The van der Waals surface area contributed by atoms with E-state index in [1.54, 1.807) is 0 Å². The summed E-state index contributed by atoms with van der Waals surface area (Å²) in [6, 6.07) is 0. The number of hydrogen-bond acceptors (Lipinski definition) is 2. The summed E-state index contributed by atoms with van der Waals surface area (Å²) in [6.07, 6.45) is 7.16. The van der Waals surface area contributed by atoms with Gasteiger partial charge in [0.25, 0.3) is 0 Å². The highest BCUT2D eigenvalue weighted by Gasteiger charge is 2.49. The molecule has 0 aromatic carbocycles. The molecule has 0 saturated heterocycles. The molecule has 3 rings (SSSR count). The fourth-order valence-electron chi connectivity index (χ4n) is 3.98. The Bertz CT molecular complexity index is 363. The van der Waals surface area contributed by atoms with Crippen molar-refractivity contribution in [2.75, 3.05) is 0 Å². The van der Waals surface area contributed by atoms with Crippen molar-refractivity contribution >= 4 is 11.9 Å². The average molecular weight is 251 g/mol. The minimum Gasteiger partial charge on any atom is -0.481 e. The smallest absolute Gasteiger partial charge is 0.305 e. The van der Waals surface area contributed by atoms with E-state index in [9.17, 15) is 9.59 Å². The largest absolute Gasteiger partial charge is 0.481 e. The fourth-order valence-corrected chi connectivity index (χ4v) is 3.98. The van der Waals surface area contributed by atoms with Crippen molar-refractivity contribution in [1.29, 1.82) is 0 Å². The van der Waals surface area contributed by atoms with Gasteiger partial charge in [0.2, 0.25) is 5.91 Å². The third kappa shape index (κ3) is 2.25. The van der Waals surface area contributed by atoms with Crippen molar-refractivity contribution in [1.82, 2.24) is 5.32 Å². The molecule has 3 saturated carbocycles. The Morgan fingerprint density at radius 3 is 2.28 bits per heavy atom. The molecule has 3 aliphatic carbocycles. The maximum Gasteiger partial charge on any atom is 0.305 e. The highest BCUT2D eigenvalue weighted by Crippen LogP contribution is 2.54. The third-order valence-electron chi connectivity index (χ3n) is 5.05. The molecular weight excluding hydrogens is 230 g/mol. The lowest BCUT2D eigenvalue weighted by molar-refractivity contribution is -0.139. The lowest BCUT2D eigenvalue weighted by Gasteiger charge is -2.30. The van der Waals surface area contributed by atoms with E-state index in [0.717, 1.165) is 50.4 Å². The molecule has 100 valence electrons. The summed E-state index contributed by atoms with van der Waals surface area (Å²) in [5, 5.41) is 12.1. The lowest BCUT2D eigenvalue weighted by Crippen LogP contribution is -2.49. The number of rotatable bonds is 4. The highest BCUT2D eigenvalue weighted by atomic mass is 16.4. The minimum atomic E-state index is -0.800. The van der Waals surface area contributed by atoms with Crippen molar-refractivity contribution < 1.29 is 14.7 Å². The van der Waals surface area contributed by atoms with E-state index in [0.29, 0.717) is 0 Å². The Balaban J connectivity index is 1.61. The molecule has 3 aliphatic rings. The Morgan fingerprint density at radius 1 is 1.11 bits per heavy atom. The quantitative estimate of drug-likeness (QED) is 0.802. The number of carbonyl (C=O) groups excluding carboxylic acids is 1. The van der Waals surface area contributed by atoms with Crippen LogP contribution in [0.5, 0.6) is 0 Å². The van der Waals surface area contributed by atoms with E-state index in [-0.39, 0.29) is 18.2 Å². The van der Waals surface area contributed by atoms with Gasteiger partial charge in [-0.1, -0.05) is 12.8 Å². The zero-order valence-electron chi connectivity index (χ0n) is 10.7. The Morgan fingerprint density at radius 2 is 1.72 bits per heavy atom. The molecule has 3 fully saturated rings. The van der Waals surface area contributed by atoms with Gasteiger partial charge in [-0.2, -0.15) is 0 Å². The predicted octanol–water partition coefficient (Wildman–Crippen LogP) is 1.94. The van der Waals surface area contributed by atoms with E-state index in [4.69, 9.17) is 5.11 Å². The standard InChI is InChI=1S/C14H21NO3/c16-12(17)8-14(3-1-2-4-14)15-13(18)11-6-9-5-10(9)7-11/h9-11H,1-8H2,(H,15,18)(H,16,17). The van der Waals surface area contributed by atoms with Crippen LogP contribution >= 0.6 is 0 Å². The molecule has 2 unspecified atom stereocenters. The van der Waals surface area contributed by atoms with Crippen LogP contribution in [0.3, 0.4) is 0 Å². The van der Waals surface area contributed by atoms with Crippen molar-refractivity contribution in [2.45, 2.75) is 56.9 Å². The van der Waals surface area contributed by atoms with Crippen molar-refractivity contribution in [3.05, 3.63) is 0 Å². The topological polar surface area (TPSA) is 66.4 Å². The molecule has 18 heavy (non-hydrogen) atoms. The predicted molar refractivity (Wildman–Crippen MR) is 65.9 cm³/mol. The summed E-state index contributed by atoms with van der Waals surface area (Å²) in [5.74, 6) is 1.05. The van der Waals surface area contributed by atoms with Gasteiger partial charge in [0.05, 0.1) is 12.0 Å². The van der Waals surface area contributed by atoms with Gasteiger partial charge in [-0.15, -0.1) is 0 Å². The normalized spacial score (nSPS) is 36.1. The van der Waals surface area contributed by atoms with Crippen LogP contribution in [0.15, 0.2) is 0 Å². The first-order chi connectivity index (χ1) is 8.58. The molecule has 0 aromatic heterocycles. The van der Waals surface area contributed by atoms with Crippen LogP contribution in [0.4, 0.5) is 0 Å². The minimum absolute atomic E-state index is 0.0817. The zero-order valence-corrected chi connectivity index (χ0v) is 10.7. The van der Waals surface area contributed by atoms with Crippen LogP contribution in [0.2, 0.25) is 0 Å². The molecule has 0 aliphatic heterocycles. The Hall–Kier alpha value is -1.06. The SMILES string of the molecule is O=C(O)CC1(NC(=O)C2CC3CC3C2)CCCC1. The van der Waals surface area contributed by atoms with Crippen LogP contribution < -0.4 is 5.32 Å². The van der Waals surface area contributed by atoms with E-state index < -0.39 is 11.5 Å². The van der Waals surface area contributed by atoms with Gasteiger partial charge >= 0.3 is 5.97 Å². The summed E-state index contributed by atoms with van der Waals surface area (Å²) < 4.78 is 0. The molecule has 2 N–H and O–H groups in total. The van der Waals surface area contributed by atoms with E-state index in [1.165, 1.54) is 6.42 Å². The molecule has 2 atom stereocenters. The monoisotopic (exact) mass is 251 g/mol. The van der Waals surface area contributed by atoms with Crippen molar-refractivity contribution in [3.63, 3.8) is 0 Å². The summed E-state index contributed by atoms with van der Waals surface area (Å²) in [7, 11) is 0. The average Bonchev–Trinajstić information content (AvgIpc) is 2.74. The first-order valence-electron chi connectivity index (χ1n) is 7.12. The second-order valence-corrected chi connectivity index (χ2v) is 6.47. The van der Waals surface area contributed by atoms with Gasteiger partial charge < -0.3 is 10.4 Å². The van der Waals surface area contributed by atoms with E-state index in [2.05, 4.69) is 5.32 Å². The Labute approximate surface area is 107 Å². The summed E-state index contributed by atoms with van der Waals surface area (Å²) >= 11 is 0. The molecule has 0 spiro atoms. The molecule has 0 radical (unpaired) electrons. The molecule has 4 nitrogen and oxygen atoms in total. The first kappa shape index (κ1) is 12.0. The zero-order chi connectivity index (χ0) is 12.8. The highest BCUT2D eigenvalue weighted by molar-refractivity contribution is 5.81. The second-order valence-electron chi connectivity index (χ2n) is 6.47. The number of fused-ring (bicyclic) bond motifs is 1. The fraction of sp³-hybridized carbons (Fsp3) is 0.857. The number of carbonyl (C=O) groups is 2. The number of hydrogen-bond donors (Lipinski definition) is 2. The van der Waals surface area contributed by atoms with Gasteiger partial charge in [-0.05, 0) is 43.9 Å². The molecular formula is C14H21NO3. The second kappa shape index (κ2) is 4.25. The number of amides is 1. The molecule has 0 aromatic rings. The van der Waals surface area contributed by atoms with Crippen molar-refractivity contribution in [2.24, 2.45) is 17.8 Å². The van der Waals surface area contributed by atoms with Gasteiger partial charge in [0.15, 0.2) is 0 Å². The van der Waals surface area contributed by atoms with E-state index in [1.807, 2.05) is 0 Å². The Kier molecular flexibility index (Phi) is 2.83. The summed E-state index contributed by atoms with van der Waals surface area (Å²) in [6.45, 7) is 0. The lowest BCUT2D eigenvalue weighted by atomic mass is 9.91.